The predicted molar refractivity (Wildman–Crippen MR) is 164 cm³/mol. The summed E-state index contributed by atoms with van der Waals surface area (Å²) in [5, 5.41) is 46.2. The van der Waals surface area contributed by atoms with Crippen molar-refractivity contribution in [2.24, 2.45) is 5.16 Å². The van der Waals surface area contributed by atoms with Gasteiger partial charge in [0.15, 0.2) is 22.3 Å². The standard InChI is InChI=1S/C25H23N9O9S3/c26-14-3-4-33(28)25(30-14)46-7-10-6-44-21-16(20(38)34(21)17(10)22(39)40)31-19(37)15(11-8-45-24(27)29-11)32-43-18(23(41)42)9-1-2-12(35)13(36)5-9/h1-5,8,16,18,21,26H,6-7,28H2,(H7,27,29,31,32,35,36,37,39,40,41,42)/p+1. The number of thioether (sulfide) groups is 2. The van der Waals surface area contributed by atoms with Crippen molar-refractivity contribution >= 4 is 75.3 Å². The number of rotatable bonds is 11. The van der Waals surface area contributed by atoms with Crippen LogP contribution in [0.4, 0.5) is 10.9 Å². The SMILES string of the molecule is Nc1cc[n+](N)c(SCC2=C(C(=O)O)N3C(=O)C(NC(=O)/C(=N\OC(C(=O)O)c4ccc(O)c(O)c4)c4csc(N)n4)C3SC2)n1. The molecule has 240 valence electrons. The number of nitrogens with one attached hydrogen (secondary N) is 1. The molecule has 46 heavy (non-hydrogen) atoms. The molecule has 18 nitrogen and oxygen atoms in total. The monoisotopic (exact) mass is 690 g/mol. The van der Waals surface area contributed by atoms with Crippen LogP contribution in [0.2, 0.25) is 0 Å². The zero-order chi connectivity index (χ0) is 33.3. The van der Waals surface area contributed by atoms with Gasteiger partial charge in [-0.05, 0) is 34.5 Å². The zero-order valence-electron chi connectivity index (χ0n) is 23.1. The second kappa shape index (κ2) is 13.0. The molecule has 3 atom stereocenters. The van der Waals surface area contributed by atoms with E-state index in [2.05, 4.69) is 20.4 Å². The molecule has 4 heterocycles. The van der Waals surface area contributed by atoms with Crippen LogP contribution in [0.1, 0.15) is 17.4 Å². The molecule has 1 fully saturated rings. The van der Waals surface area contributed by atoms with E-state index in [1.807, 2.05) is 0 Å². The van der Waals surface area contributed by atoms with Crippen LogP contribution in [0, 0.1) is 0 Å². The van der Waals surface area contributed by atoms with E-state index in [0.717, 1.165) is 40.1 Å². The number of aromatic nitrogens is 3. The number of anilines is 2. The Kier molecular flexibility index (Phi) is 9.07. The lowest BCUT2D eigenvalue weighted by Crippen LogP contribution is -2.71. The molecule has 2 aliphatic heterocycles. The van der Waals surface area contributed by atoms with Gasteiger partial charge in [-0.2, -0.15) is 0 Å². The molecule has 3 unspecified atom stereocenters. The molecule has 1 aromatic carbocycles. The number of thiazole rings is 1. The van der Waals surface area contributed by atoms with Gasteiger partial charge in [-0.25, -0.2) is 14.6 Å². The average molecular weight is 691 g/mol. The van der Waals surface area contributed by atoms with Crippen molar-refractivity contribution in [1.82, 2.24) is 20.2 Å². The van der Waals surface area contributed by atoms with E-state index < -0.39 is 58.5 Å². The van der Waals surface area contributed by atoms with E-state index in [1.165, 1.54) is 40.1 Å². The van der Waals surface area contributed by atoms with Crippen molar-refractivity contribution in [1.29, 1.82) is 0 Å². The largest absolute Gasteiger partial charge is 0.504 e. The summed E-state index contributed by atoms with van der Waals surface area (Å²) in [6.45, 7) is 0. The first-order chi connectivity index (χ1) is 21.8. The summed E-state index contributed by atoms with van der Waals surface area (Å²) in [4.78, 5) is 65.3. The van der Waals surface area contributed by atoms with Gasteiger partial charge in [0.05, 0.1) is 0 Å². The Balaban J connectivity index is 1.35. The molecule has 0 saturated carbocycles. The van der Waals surface area contributed by atoms with Gasteiger partial charge in [0.25, 0.3) is 11.8 Å². The Morgan fingerprint density at radius 1 is 1.20 bits per heavy atom. The number of oxime groups is 1. The summed E-state index contributed by atoms with van der Waals surface area (Å²) in [5.74, 6) is 0.754. The van der Waals surface area contributed by atoms with E-state index in [4.69, 9.17) is 22.1 Å². The number of carboxylic acid groups (broad SMARTS) is 2. The highest BCUT2D eigenvalue weighted by Gasteiger charge is 2.54. The van der Waals surface area contributed by atoms with Gasteiger partial charge in [0.1, 0.15) is 29.0 Å². The number of benzene rings is 1. The average Bonchev–Trinajstić information content (AvgIpc) is 3.44. The maximum absolute atomic E-state index is 13.4. The number of amides is 2. The Morgan fingerprint density at radius 2 is 1.96 bits per heavy atom. The third-order valence-electron chi connectivity index (χ3n) is 6.52. The van der Waals surface area contributed by atoms with Gasteiger partial charge < -0.3 is 42.0 Å². The molecule has 3 aromatic rings. The van der Waals surface area contributed by atoms with Crippen LogP contribution in [0.15, 0.2) is 57.4 Å². The van der Waals surface area contributed by atoms with Crippen LogP contribution < -0.4 is 27.3 Å². The number of phenols is 2. The van der Waals surface area contributed by atoms with E-state index in [9.17, 15) is 39.6 Å². The van der Waals surface area contributed by atoms with Gasteiger partial charge in [-0.3, -0.25) is 20.3 Å². The number of hydrogen-bond acceptors (Lipinski definition) is 16. The molecular formula is C25H24N9O9S3+. The highest BCUT2D eigenvalue weighted by Crippen LogP contribution is 2.41. The van der Waals surface area contributed by atoms with Crippen molar-refractivity contribution in [3.05, 3.63) is 58.4 Å². The number of aromatic hydroxyl groups is 2. The van der Waals surface area contributed by atoms with Crippen molar-refractivity contribution < 1.29 is 49.1 Å². The molecule has 0 aliphatic carbocycles. The number of carbonyl (C=O) groups excluding carboxylic acids is 2. The number of nitrogens with two attached hydrogens (primary N) is 3. The van der Waals surface area contributed by atoms with Gasteiger partial charge in [-0.15, -0.1) is 27.8 Å². The highest BCUT2D eigenvalue weighted by atomic mass is 32.2. The number of β-lactam (4-membered cyclic amide) rings is 1. The fourth-order valence-electron chi connectivity index (χ4n) is 4.35. The van der Waals surface area contributed by atoms with Crippen LogP contribution in [0.25, 0.3) is 0 Å². The van der Waals surface area contributed by atoms with E-state index in [-0.39, 0.29) is 39.4 Å². The molecule has 0 radical (unpaired) electrons. The summed E-state index contributed by atoms with van der Waals surface area (Å²) >= 11 is 3.31. The third-order valence-corrected chi connectivity index (χ3v) is 9.59. The zero-order valence-corrected chi connectivity index (χ0v) is 25.6. The number of carboxylic acids is 2. The number of carbonyl (C=O) groups is 4. The summed E-state index contributed by atoms with van der Waals surface area (Å²) < 4.78 is 1.23. The summed E-state index contributed by atoms with van der Waals surface area (Å²) in [6.07, 6.45) is -0.326. The third kappa shape index (κ3) is 6.41. The minimum absolute atomic E-state index is 0.0534. The van der Waals surface area contributed by atoms with Crippen LogP contribution >= 0.6 is 34.9 Å². The van der Waals surface area contributed by atoms with Crippen LogP contribution in [-0.4, -0.2) is 87.7 Å². The molecule has 2 amide bonds. The number of nitrogens with zero attached hydrogens (tertiary/aromatic N) is 5. The van der Waals surface area contributed by atoms with Crippen molar-refractivity contribution in [2.45, 2.75) is 22.7 Å². The first kappa shape index (κ1) is 32.1. The first-order valence-electron chi connectivity index (χ1n) is 12.8. The smallest absolute Gasteiger partial charge is 0.384 e. The van der Waals surface area contributed by atoms with Gasteiger partial charge in [-0.1, -0.05) is 11.2 Å². The van der Waals surface area contributed by atoms with E-state index in [0.29, 0.717) is 10.7 Å². The Bertz CT molecular complexity index is 1820. The van der Waals surface area contributed by atoms with E-state index in [1.54, 1.807) is 0 Å². The lowest BCUT2D eigenvalue weighted by molar-refractivity contribution is -0.682. The second-order valence-corrected chi connectivity index (χ2v) is 12.5. The second-order valence-electron chi connectivity index (χ2n) is 9.53. The molecule has 0 bridgehead atoms. The molecular weight excluding hydrogens is 667 g/mol. The van der Waals surface area contributed by atoms with Gasteiger partial charge >= 0.3 is 17.1 Å². The fraction of sp³-hybridized carbons (Fsp3) is 0.200. The number of fused-ring (bicyclic) bond motifs is 1. The molecule has 5 rings (SSSR count). The van der Waals surface area contributed by atoms with Crippen LogP contribution in [0.5, 0.6) is 11.5 Å². The number of aliphatic carboxylic acids is 2. The number of hydrogen-bond donors (Lipinski definition) is 8. The van der Waals surface area contributed by atoms with Crippen molar-refractivity contribution in [3.63, 3.8) is 0 Å². The molecule has 0 spiro atoms. The highest BCUT2D eigenvalue weighted by molar-refractivity contribution is 8.01. The first-order valence-corrected chi connectivity index (χ1v) is 15.7. The maximum atomic E-state index is 13.4. The minimum Gasteiger partial charge on any atom is -0.504 e. The lowest BCUT2D eigenvalue weighted by atomic mass is 10.0. The summed E-state index contributed by atoms with van der Waals surface area (Å²) in [6, 6.07) is 3.49. The summed E-state index contributed by atoms with van der Waals surface area (Å²) in [7, 11) is 0. The normalized spacial score (nSPS) is 18.4. The minimum atomic E-state index is -1.82. The van der Waals surface area contributed by atoms with Crippen LogP contribution in [-0.2, 0) is 24.0 Å². The molecule has 1 saturated heterocycles. The maximum Gasteiger partial charge on any atom is 0.384 e. The number of nitrogen functional groups attached to an aromatic ring is 3. The Labute approximate surface area is 270 Å². The molecule has 2 aromatic heterocycles. The lowest BCUT2D eigenvalue weighted by Gasteiger charge is -2.49. The number of phenolic OH excluding ortho intramolecular Hbond substituents is 2. The Hall–Kier alpha value is -5.28. The summed E-state index contributed by atoms with van der Waals surface area (Å²) in [5.41, 5.74) is 10.9. The fourth-order valence-corrected chi connectivity index (χ4v) is 7.29. The van der Waals surface area contributed by atoms with E-state index >= 15 is 0 Å². The van der Waals surface area contributed by atoms with Crippen LogP contribution in [0.3, 0.4) is 0 Å². The molecule has 2 aliphatic rings. The quantitative estimate of drug-likeness (QED) is 0.0178. The Morgan fingerprint density at radius 3 is 2.61 bits per heavy atom. The van der Waals surface area contributed by atoms with Gasteiger partial charge in [0, 0.05) is 28.5 Å². The van der Waals surface area contributed by atoms with Crippen molar-refractivity contribution in [3.8, 4) is 11.5 Å². The topological polar surface area (TPSA) is 294 Å². The van der Waals surface area contributed by atoms with Crippen molar-refractivity contribution in [2.75, 3.05) is 28.8 Å². The molecule has 21 heteroatoms. The van der Waals surface area contributed by atoms with Gasteiger partial charge in [0.2, 0.25) is 11.9 Å². The predicted octanol–water partition coefficient (Wildman–Crippen LogP) is -0.807. The molecule has 11 N–H and O–H groups in total.